The van der Waals surface area contributed by atoms with Crippen molar-refractivity contribution in [2.24, 2.45) is 0 Å². The number of hydrogen-bond acceptors (Lipinski definition) is 4. The number of benzene rings is 2. The zero-order chi connectivity index (χ0) is 27.3. The van der Waals surface area contributed by atoms with Gasteiger partial charge < -0.3 is 9.64 Å². The van der Waals surface area contributed by atoms with Crippen LogP contribution in [0.5, 0.6) is 0 Å². The lowest BCUT2D eigenvalue weighted by atomic mass is 9.93. The summed E-state index contributed by atoms with van der Waals surface area (Å²) < 4.78 is 44.3. The molecule has 0 aliphatic carbocycles. The summed E-state index contributed by atoms with van der Waals surface area (Å²) in [6.07, 6.45) is -2.07. The monoisotopic (exact) mass is 571 g/mol. The van der Waals surface area contributed by atoms with Crippen LogP contribution in [0.2, 0.25) is 10.0 Å². The third kappa shape index (κ3) is 7.63. The summed E-state index contributed by atoms with van der Waals surface area (Å²) in [5, 5.41) is 0.928. The molecule has 2 aliphatic rings. The molecule has 1 amide bonds. The van der Waals surface area contributed by atoms with Crippen LogP contribution in [0.1, 0.15) is 41.9 Å². The van der Waals surface area contributed by atoms with Crippen molar-refractivity contribution in [3.63, 3.8) is 0 Å². The van der Waals surface area contributed by atoms with E-state index in [1.165, 1.54) is 12.1 Å². The van der Waals surface area contributed by atoms with Gasteiger partial charge in [0.15, 0.2) is 0 Å². The van der Waals surface area contributed by atoms with E-state index in [0.29, 0.717) is 36.1 Å². The molecule has 2 heterocycles. The Bertz CT molecular complexity index is 1080. The van der Waals surface area contributed by atoms with E-state index < -0.39 is 11.7 Å². The summed E-state index contributed by atoms with van der Waals surface area (Å²) >= 11 is 12.5. The van der Waals surface area contributed by atoms with Gasteiger partial charge in [-0.1, -0.05) is 41.4 Å². The molecule has 0 aromatic heterocycles. The van der Waals surface area contributed by atoms with Crippen molar-refractivity contribution in [1.29, 1.82) is 0 Å². The summed E-state index contributed by atoms with van der Waals surface area (Å²) in [6, 6.07) is 10.8. The molecular weight excluding hydrogens is 538 g/mol. The minimum absolute atomic E-state index is 0.00140. The standard InChI is InChI=1S/C28H34Cl2F3N3O2/c1-34(17-20-5-8-22(9-6-20)28(31,32)33)26-19-36(18-23(26)21-7-10-24(29)25(30)16-21)27(37)4-2-3-11-35-12-14-38-15-13-35/h5-10,16,23,26H,2-4,11-15,17-19H2,1H3/t23-,26-/m1/s1. The molecule has 38 heavy (non-hydrogen) atoms. The van der Waals surface area contributed by atoms with E-state index in [2.05, 4.69) is 9.80 Å². The highest BCUT2D eigenvalue weighted by Crippen LogP contribution is 2.35. The Morgan fingerprint density at radius 3 is 2.39 bits per heavy atom. The summed E-state index contributed by atoms with van der Waals surface area (Å²) in [6.45, 7) is 5.96. The Kier molecular flexibility index (Phi) is 9.98. The average molecular weight is 572 g/mol. The van der Waals surface area contributed by atoms with Crippen LogP contribution in [0.15, 0.2) is 42.5 Å². The highest BCUT2D eigenvalue weighted by atomic mass is 35.5. The van der Waals surface area contributed by atoms with Crippen LogP contribution in [0.25, 0.3) is 0 Å². The smallest absolute Gasteiger partial charge is 0.379 e. The van der Waals surface area contributed by atoms with E-state index in [1.54, 1.807) is 6.07 Å². The molecule has 2 atom stereocenters. The number of likely N-dealkylation sites (tertiary alicyclic amines) is 1. The van der Waals surface area contributed by atoms with Gasteiger partial charge in [0.2, 0.25) is 5.91 Å². The third-order valence-corrected chi connectivity index (χ3v) is 8.25. The molecule has 0 saturated carbocycles. The quantitative estimate of drug-likeness (QED) is 0.349. The predicted octanol–water partition coefficient (Wildman–Crippen LogP) is 5.94. The van der Waals surface area contributed by atoms with Gasteiger partial charge in [-0.05, 0) is 61.8 Å². The van der Waals surface area contributed by atoms with Gasteiger partial charge in [-0.3, -0.25) is 14.6 Å². The molecule has 4 rings (SSSR count). The third-order valence-electron chi connectivity index (χ3n) is 7.51. The van der Waals surface area contributed by atoms with Crippen molar-refractivity contribution in [3.05, 3.63) is 69.2 Å². The normalized spacial score (nSPS) is 20.9. The number of unbranched alkanes of at least 4 members (excludes halogenated alkanes) is 1. The van der Waals surface area contributed by atoms with Gasteiger partial charge in [0.05, 0.1) is 28.8 Å². The Morgan fingerprint density at radius 2 is 1.74 bits per heavy atom. The van der Waals surface area contributed by atoms with E-state index in [-0.39, 0.29) is 17.9 Å². The molecule has 2 aromatic rings. The Morgan fingerprint density at radius 1 is 1.03 bits per heavy atom. The summed E-state index contributed by atoms with van der Waals surface area (Å²) in [5.74, 6) is 0.129. The molecule has 0 radical (unpaired) electrons. The molecule has 0 unspecified atom stereocenters. The molecule has 0 N–H and O–H groups in total. The maximum atomic E-state index is 13.2. The highest BCUT2D eigenvalue weighted by molar-refractivity contribution is 6.42. The summed E-state index contributed by atoms with van der Waals surface area (Å²) in [7, 11) is 1.95. The van der Waals surface area contributed by atoms with Crippen LogP contribution in [-0.4, -0.2) is 79.6 Å². The molecule has 2 aromatic carbocycles. The van der Waals surface area contributed by atoms with E-state index in [1.807, 2.05) is 24.1 Å². The van der Waals surface area contributed by atoms with Crippen LogP contribution in [0, 0.1) is 0 Å². The largest absolute Gasteiger partial charge is 0.416 e. The van der Waals surface area contributed by atoms with Gasteiger partial charge >= 0.3 is 6.18 Å². The van der Waals surface area contributed by atoms with Crippen molar-refractivity contribution in [3.8, 4) is 0 Å². The van der Waals surface area contributed by atoms with E-state index in [4.69, 9.17) is 27.9 Å². The maximum Gasteiger partial charge on any atom is 0.416 e. The first kappa shape index (κ1) is 29.2. The highest BCUT2D eigenvalue weighted by Gasteiger charge is 2.38. The van der Waals surface area contributed by atoms with Crippen molar-refractivity contribution in [1.82, 2.24) is 14.7 Å². The van der Waals surface area contributed by atoms with Crippen LogP contribution in [0.3, 0.4) is 0 Å². The lowest BCUT2D eigenvalue weighted by Gasteiger charge is -2.29. The number of hydrogen-bond donors (Lipinski definition) is 0. The van der Waals surface area contributed by atoms with Gasteiger partial charge in [0, 0.05) is 51.1 Å². The number of amides is 1. The molecule has 0 spiro atoms. The first-order valence-electron chi connectivity index (χ1n) is 13.0. The molecule has 10 heteroatoms. The second kappa shape index (κ2) is 13.0. The van der Waals surface area contributed by atoms with Gasteiger partial charge in [0.25, 0.3) is 0 Å². The molecule has 2 saturated heterocycles. The lowest BCUT2D eigenvalue weighted by Crippen LogP contribution is -2.38. The van der Waals surface area contributed by atoms with Gasteiger partial charge in [-0.2, -0.15) is 13.2 Å². The topological polar surface area (TPSA) is 36.0 Å². The Balaban J connectivity index is 1.41. The predicted molar refractivity (Wildman–Crippen MR) is 144 cm³/mol. The first-order valence-corrected chi connectivity index (χ1v) is 13.8. The van der Waals surface area contributed by atoms with Crippen LogP contribution in [0.4, 0.5) is 13.2 Å². The Hall–Kier alpha value is -1.84. The van der Waals surface area contributed by atoms with Crippen molar-refractivity contribution >= 4 is 29.1 Å². The number of carbonyl (C=O) groups excluding carboxylic acids is 1. The number of rotatable bonds is 9. The molecule has 208 valence electrons. The number of likely N-dealkylation sites (N-methyl/N-ethyl adjacent to an activating group) is 1. The maximum absolute atomic E-state index is 13.2. The van der Waals surface area contributed by atoms with E-state index >= 15 is 0 Å². The van der Waals surface area contributed by atoms with Crippen LogP contribution in [-0.2, 0) is 22.3 Å². The Labute approximate surface area is 232 Å². The number of ether oxygens (including phenoxy) is 1. The van der Waals surface area contributed by atoms with Crippen molar-refractivity contribution < 1.29 is 22.7 Å². The van der Waals surface area contributed by atoms with Crippen molar-refractivity contribution in [2.75, 3.05) is 53.0 Å². The first-order chi connectivity index (χ1) is 18.1. The number of halogens is 5. The molecular formula is C28H34Cl2F3N3O2. The second-order valence-electron chi connectivity index (χ2n) is 10.2. The lowest BCUT2D eigenvalue weighted by molar-refractivity contribution is -0.137. The fourth-order valence-electron chi connectivity index (χ4n) is 5.31. The van der Waals surface area contributed by atoms with Crippen molar-refractivity contribution in [2.45, 2.75) is 43.9 Å². The average Bonchev–Trinajstić information content (AvgIpc) is 3.34. The molecule has 2 fully saturated rings. The van der Waals surface area contributed by atoms with E-state index in [9.17, 15) is 18.0 Å². The number of carbonyl (C=O) groups is 1. The minimum atomic E-state index is -4.36. The van der Waals surface area contributed by atoms with Gasteiger partial charge in [0.1, 0.15) is 0 Å². The van der Waals surface area contributed by atoms with Crippen LogP contribution >= 0.6 is 23.2 Å². The number of morpholine rings is 1. The van der Waals surface area contributed by atoms with Crippen LogP contribution < -0.4 is 0 Å². The molecule has 0 bridgehead atoms. The molecule has 5 nitrogen and oxygen atoms in total. The SMILES string of the molecule is CN(Cc1ccc(C(F)(F)F)cc1)[C@@H]1CN(C(=O)CCCCN2CCOCC2)C[C@@H]1c1ccc(Cl)c(Cl)c1. The van der Waals surface area contributed by atoms with Gasteiger partial charge in [-0.15, -0.1) is 0 Å². The number of alkyl halides is 3. The second-order valence-corrected chi connectivity index (χ2v) is 11.0. The summed E-state index contributed by atoms with van der Waals surface area (Å²) in [5.41, 5.74) is 1.11. The minimum Gasteiger partial charge on any atom is -0.379 e. The van der Waals surface area contributed by atoms with E-state index in [0.717, 1.165) is 68.9 Å². The zero-order valence-corrected chi connectivity index (χ0v) is 23.0. The van der Waals surface area contributed by atoms with Gasteiger partial charge in [-0.25, -0.2) is 0 Å². The summed E-state index contributed by atoms with van der Waals surface area (Å²) in [4.78, 5) is 19.6. The number of nitrogens with zero attached hydrogens (tertiary/aromatic N) is 3. The molecule has 2 aliphatic heterocycles. The fraction of sp³-hybridized carbons (Fsp3) is 0.536. The zero-order valence-electron chi connectivity index (χ0n) is 21.5. The fourth-order valence-corrected chi connectivity index (χ4v) is 5.61.